The average molecular weight is 268 g/mol. The standard InChI is InChI=1S/C15H22ClNO/c1-17(10-13-3-2-4-14(16)9-13)15-7-5-12(11-18)6-8-15/h2-4,9,12,15,18H,5-8,10-11H2,1H3. The summed E-state index contributed by atoms with van der Waals surface area (Å²) in [4.78, 5) is 2.42. The SMILES string of the molecule is CN(Cc1cccc(Cl)c1)C1CCC(CO)CC1. The van der Waals surface area contributed by atoms with Gasteiger partial charge in [0.2, 0.25) is 0 Å². The number of hydrogen-bond donors (Lipinski definition) is 1. The molecule has 0 heterocycles. The molecular weight excluding hydrogens is 246 g/mol. The van der Waals surface area contributed by atoms with E-state index in [-0.39, 0.29) is 0 Å². The van der Waals surface area contributed by atoms with Gasteiger partial charge in [-0.15, -0.1) is 0 Å². The van der Waals surface area contributed by atoms with E-state index >= 15 is 0 Å². The van der Waals surface area contributed by atoms with Crippen LogP contribution in [0.5, 0.6) is 0 Å². The van der Waals surface area contributed by atoms with Gasteiger partial charge in [-0.25, -0.2) is 0 Å². The third-order valence-corrected chi connectivity index (χ3v) is 4.25. The van der Waals surface area contributed by atoms with Crippen molar-refractivity contribution in [3.63, 3.8) is 0 Å². The van der Waals surface area contributed by atoms with Crippen molar-refractivity contribution in [1.29, 1.82) is 0 Å². The first-order chi connectivity index (χ1) is 8.69. The molecule has 1 aromatic carbocycles. The number of aliphatic hydroxyl groups excluding tert-OH is 1. The highest BCUT2D eigenvalue weighted by molar-refractivity contribution is 6.30. The molecular formula is C15H22ClNO. The van der Waals surface area contributed by atoms with E-state index in [1.165, 1.54) is 18.4 Å². The van der Waals surface area contributed by atoms with E-state index in [2.05, 4.69) is 18.0 Å². The van der Waals surface area contributed by atoms with Crippen LogP contribution in [0.2, 0.25) is 5.02 Å². The molecule has 0 aromatic heterocycles. The first-order valence-corrected chi connectivity index (χ1v) is 7.12. The number of benzene rings is 1. The molecule has 0 aliphatic heterocycles. The second kappa shape index (κ2) is 6.55. The molecule has 2 rings (SSSR count). The van der Waals surface area contributed by atoms with Gasteiger partial charge >= 0.3 is 0 Å². The molecule has 18 heavy (non-hydrogen) atoms. The van der Waals surface area contributed by atoms with Crippen LogP contribution in [0.4, 0.5) is 0 Å². The van der Waals surface area contributed by atoms with Gasteiger partial charge < -0.3 is 5.11 Å². The minimum Gasteiger partial charge on any atom is -0.396 e. The Kier molecular flexibility index (Phi) is 5.04. The Morgan fingerprint density at radius 3 is 2.61 bits per heavy atom. The van der Waals surface area contributed by atoms with E-state index < -0.39 is 0 Å². The molecule has 0 radical (unpaired) electrons. The Bertz CT molecular complexity index is 375. The molecule has 2 nitrogen and oxygen atoms in total. The molecule has 0 bridgehead atoms. The number of nitrogens with zero attached hydrogens (tertiary/aromatic N) is 1. The zero-order chi connectivity index (χ0) is 13.0. The third-order valence-electron chi connectivity index (χ3n) is 4.02. The predicted octanol–water partition coefficient (Wildman–Crippen LogP) is 3.32. The van der Waals surface area contributed by atoms with Crippen LogP contribution in [0, 0.1) is 5.92 Å². The maximum absolute atomic E-state index is 9.15. The van der Waals surface area contributed by atoms with Crippen molar-refractivity contribution in [2.24, 2.45) is 5.92 Å². The zero-order valence-corrected chi connectivity index (χ0v) is 11.7. The topological polar surface area (TPSA) is 23.5 Å². The fourth-order valence-electron chi connectivity index (χ4n) is 2.82. The van der Waals surface area contributed by atoms with E-state index in [9.17, 15) is 0 Å². The Morgan fingerprint density at radius 2 is 2.00 bits per heavy atom. The number of rotatable bonds is 4. The lowest BCUT2D eigenvalue weighted by atomic mass is 9.86. The summed E-state index contributed by atoms with van der Waals surface area (Å²) in [6, 6.07) is 8.73. The summed E-state index contributed by atoms with van der Waals surface area (Å²) in [6.45, 7) is 1.31. The molecule has 1 N–H and O–H groups in total. The molecule has 0 spiro atoms. The van der Waals surface area contributed by atoms with E-state index in [0.29, 0.717) is 18.6 Å². The second-order valence-electron chi connectivity index (χ2n) is 5.40. The highest BCUT2D eigenvalue weighted by atomic mass is 35.5. The van der Waals surface area contributed by atoms with Crippen molar-refractivity contribution in [2.45, 2.75) is 38.3 Å². The van der Waals surface area contributed by atoms with Crippen LogP contribution < -0.4 is 0 Å². The van der Waals surface area contributed by atoms with Crippen molar-refractivity contribution in [3.8, 4) is 0 Å². The fraction of sp³-hybridized carbons (Fsp3) is 0.600. The summed E-state index contributed by atoms with van der Waals surface area (Å²) in [5.41, 5.74) is 1.27. The number of aliphatic hydroxyl groups is 1. The average Bonchev–Trinajstić information content (AvgIpc) is 2.39. The van der Waals surface area contributed by atoms with Crippen LogP contribution in [0.15, 0.2) is 24.3 Å². The molecule has 0 amide bonds. The van der Waals surface area contributed by atoms with Crippen LogP contribution in [-0.2, 0) is 6.54 Å². The van der Waals surface area contributed by atoms with Crippen LogP contribution in [0.1, 0.15) is 31.2 Å². The number of hydrogen-bond acceptors (Lipinski definition) is 2. The fourth-order valence-corrected chi connectivity index (χ4v) is 3.03. The van der Waals surface area contributed by atoms with Crippen molar-refractivity contribution >= 4 is 11.6 Å². The van der Waals surface area contributed by atoms with Crippen LogP contribution in [0.25, 0.3) is 0 Å². The Labute approximate surface area is 115 Å². The van der Waals surface area contributed by atoms with Crippen molar-refractivity contribution < 1.29 is 5.11 Å². The molecule has 0 saturated heterocycles. The van der Waals surface area contributed by atoms with Gasteiger partial charge in [0.05, 0.1) is 0 Å². The van der Waals surface area contributed by atoms with Crippen molar-refractivity contribution in [1.82, 2.24) is 4.90 Å². The lowest BCUT2D eigenvalue weighted by molar-refractivity contribution is 0.124. The van der Waals surface area contributed by atoms with Gasteiger partial charge in [-0.3, -0.25) is 4.90 Å². The molecule has 1 saturated carbocycles. The third kappa shape index (κ3) is 3.71. The molecule has 1 aromatic rings. The smallest absolute Gasteiger partial charge is 0.0459 e. The predicted molar refractivity (Wildman–Crippen MR) is 75.8 cm³/mol. The van der Waals surface area contributed by atoms with E-state index in [0.717, 1.165) is 24.4 Å². The molecule has 0 unspecified atom stereocenters. The van der Waals surface area contributed by atoms with Crippen LogP contribution >= 0.6 is 11.6 Å². The first kappa shape index (κ1) is 13.9. The van der Waals surface area contributed by atoms with E-state index in [4.69, 9.17) is 16.7 Å². The first-order valence-electron chi connectivity index (χ1n) is 6.74. The zero-order valence-electron chi connectivity index (χ0n) is 11.0. The van der Waals surface area contributed by atoms with Gasteiger partial charge in [0.15, 0.2) is 0 Å². The maximum Gasteiger partial charge on any atom is 0.0459 e. The molecule has 0 atom stereocenters. The Hall–Kier alpha value is -0.570. The molecule has 1 aliphatic rings. The quantitative estimate of drug-likeness (QED) is 0.905. The summed E-state index contributed by atoms with van der Waals surface area (Å²) in [5.74, 6) is 0.529. The van der Waals surface area contributed by atoms with Crippen molar-refractivity contribution in [3.05, 3.63) is 34.9 Å². The normalized spacial score (nSPS) is 24.4. The van der Waals surface area contributed by atoms with Crippen LogP contribution in [0.3, 0.4) is 0 Å². The lowest BCUT2D eigenvalue weighted by Crippen LogP contribution is -2.35. The summed E-state index contributed by atoms with van der Waals surface area (Å²) in [6.07, 6.45) is 4.70. The summed E-state index contributed by atoms with van der Waals surface area (Å²) in [7, 11) is 2.19. The maximum atomic E-state index is 9.15. The summed E-state index contributed by atoms with van der Waals surface area (Å²) in [5, 5.41) is 9.96. The highest BCUT2D eigenvalue weighted by Gasteiger charge is 2.23. The Balaban J connectivity index is 1.87. The Morgan fingerprint density at radius 1 is 1.28 bits per heavy atom. The van der Waals surface area contributed by atoms with E-state index in [1.54, 1.807) is 0 Å². The van der Waals surface area contributed by atoms with E-state index in [1.807, 2.05) is 18.2 Å². The summed E-state index contributed by atoms with van der Waals surface area (Å²) >= 11 is 6.01. The molecule has 3 heteroatoms. The van der Waals surface area contributed by atoms with Crippen LogP contribution in [-0.4, -0.2) is 29.7 Å². The highest BCUT2D eigenvalue weighted by Crippen LogP contribution is 2.27. The lowest BCUT2D eigenvalue weighted by Gasteiger charge is -2.34. The van der Waals surface area contributed by atoms with Gasteiger partial charge in [0.25, 0.3) is 0 Å². The van der Waals surface area contributed by atoms with Crippen molar-refractivity contribution in [2.75, 3.05) is 13.7 Å². The monoisotopic (exact) mass is 267 g/mol. The largest absolute Gasteiger partial charge is 0.396 e. The van der Waals surface area contributed by atoms with Gasteiger partial charge in [0, 0.05) is 24.2 Å². The minimum absolute atomic E-state index is 0.352. The van der Waals surface area contributed by atoms with Gasteiger partial charge in [-0.05, 0) is 56.3 Å². The summed E-state index contributed by atoms with van der Waals surface area (Å²) < 4.78 is 0. The molecule has 1 fully saturated rings. The number of halogens is 1. The van der Waals surface area contributed by atoms with Gasteiger partial charge in [-0.1, -0.05) is 23.7 Å². The molecule has 100 valence electrons. The minimum atomic E-state index is 0.352. The van der Waals surface area contributed by atoms with Gasteiger partial charge in [-0.2, -0.15) is 0 Å². The molecule has 1 aliphatic carbocycles. The second-order valence-corrected chi connectivity index (χ2v) is 5.84. The van der Waals surface area contributed by atoms with Gasteiger partial charge in [0.1, 0.15) is 0 Å².